The SMILES string of the molecule is CC(C)n1ncc(NC2CCCCCC2)c(Br)c1=O. The number of hydrogen-bond donors (Lipinski definition) is 1. The highest BCUT2D eigenvalue weighted by Crippen LogP contribution is 2.24. The van der Waals surface area contributed by atoms with Gasteiger partial charge in [-0.3, -0.25) is 4.79 Å². The van der Waals surface area contributed by atoms with Gasteiger partial charge >= 0.3 is 0 Å². The first-order valence-corrected chi connectivity index (χ1v) is 7.92. The van der Waals surface area contributed by atoms with Gasteiger partial charge in [0.1, 0.15) is 4.47 Å². The summed E-state index contributed by atoms with van der Waals surface area (Å²) in [4.78, 5) is 12.2. The third kappa shape index (κ3) is 3.59. The van der Waals surface area contributed by atoms with Crippen molar-refractivity contribution in [2.45, 2.75) is 64.5 Å². The van der Waals surface area contributed by atoms with Crippen LogP contribution in [-0.2, 0) is 0 Å². The van der Waals surface area contributed by atoms with Gasteiger partial charge in [-0.1, -0.05) is 25.7 Å². The molecule has 4 nitrogen and oxygen atoms in total. The lowest BCUT2D eigenvalue weighted by Crippen LogP contribution is -2.27. The first-order valence-electron chi connectivity index (χ1n) is 7.13. The fourth-order valence-electron chi connectivity index (χ4n) is 2.56. The van der Waals surface area contributed by atoms with Crippen LogP contribution in [0.5, 0.6) is 0 Å². The van der Waals surface area contributed by atoms with E-state index in [1.54, 1.807) is 6.20 Å². The Morgan fingerprint density at radius 1 is 1.32 bits per heavy atom. The maximum Gasteiger partial charge on any atom is 0.283 e. The summed E-state index contributed by atoms with van der Waals surface area (Å²) in [6, 6.07) is 0.547. The van der Waals surface area contributed by atoms with Crippen LogP contribution in [0, 0.1) is 0 Å². The molecule has 1 N–H and O–H groups in total. The predicted molar refractivity (Wildman–Crippen MR) is 81.7 cm³/mol. The van der Waals surface area contributed by atoms with Crippen molar-refractivity contribution in [2.75, 3.05) is 5.32 Å². The molecule has 0 unspecified atom stereocenters. The molecule has 0 bridgehead atoms. The zero-order chi connectivity index (χ0) is 13.8. The van der Waals surface area contributed by atoms with Gasteiger partial charge in [0.15, 0.2) is 0 Å². The molecular weight excluding hydrogens is 306 g/mol. The van der Waals surface area contributed by atoms with Crippen molar-refractivity contribution < 1.29 is 0 Å². The van der Waals surface area contributed by atoms with Gasteiger partial charge in [0.2, 0.25) is 0 Å². The Kier molecular flexibility index (Phi) is 5.02. The molecule has 0 spiro atoms. The molecule has 0 saturated heterocycles. The average Bonchev–Trinajstić information content (AvgIpc) is 2.63. The van der Waals surface area contributed by atoms with E-state index >= 15 is 0 Å². The van der Waals surface area contributed by atoms with Gasteiger partial charge in [0.05, 0.1) is 17.9 Å². The van der Waals surface area contributed by atoms with Gasteiger partial charge in [-0.25, -0.2) is 4.68 Å². The normalized spacial score (nSPS) is 17.5. The minimum atomic E-state index is -0.0615. The highest BCUT2D eigenvalue weighted by atomic mass is 79.9. The zero-order valence-corrected chi connectivity index (χ0v) is 13.2. The van der Waals surface area contributed by atoms with Gasteiger partial charge in [-0.05, 0) is 42.6 Å². The van der Waals surface area contributed by atoms with Crippen molar-refractivity contribution in [3.8, 4) is 0 Å². The van der Waals surface area contributed by atoms with Gasteiger partial charge in [0.25, 0.3) is 5.56 Å². The molecule has 0 atom stereocenters. The minimum absolute atomic E-state index is 0.0615. The molecule has 1 heterocycles. The third-order valence-electron chi connectivity index (χ3n) is 3.65. The highest BCUT2D eigenvalue weighted by Gasteiger charge is 2.16. The molecule has 0 aliphatic heterocycles. The molecule has 1 fully saturated rings. The maximum atomic E-state index is 12.2. The second-order valence-corrected chi connectivity index (χ2v) is 6.34. The zero-order valence-electron chi connectivity index (χ0n) is 11.7. The summed E-state index contributed by atoms with van der Waals surface area (Å²) in [5, 5.41) is 7.71. The largest absolute Gasteiger partial charge is 0.380 e. The van der Waals surface area contributed by atoms with E-state index in [1.165, 1.54) is 43.2 Å². The number of aromatic nitrogens is 2. The van der Waals surface area contributed by atoms with Crippen LogP contribution in [0.25, 0.3) is 0 Å². The van der Waals surface area contributed by atoms with Crippen LogP contribution < -0.4 is 10.9 Å². The number of anilines is 1. The Hall–Kier alpha value is -0.840. The van der Waals surface area contributed by atoms with E-state index in [0.717, 1.165) is 5.69 Å². The molecule has 5 heteroatoms. The van der Waals surface area contributed by atoms with E-state index in [9.17, 15) is 4.79 Å². The minimum Gasteiger partial charge on any atom is -0.380 e. The van der Waals surface area contributed by atoms with Crippen LogP contribution in [0.3, 0.4) is 0 Å². The van der Waals surface area contributed by atoms with E-state index in [-0.39, 0.29) is 11.6 Å². The second-order valence-electron chi connectivity index (χ2n) is 5.55. The lowest BCUT2D eigenvalue weighted by Gasteiger charge is -2.19. The summed E-state index contributed by atoms with van der Waals surface area (Å²) < 4.78 is 2.10. The first-order chi connectivity index (χ1) is 9.09. The van der Waals surface area contributed by atoms with Gasteiger partial charge < -0.3 is 5.32 Å². The number of nitrogens with one attached hydrogen (secondary N) is 1. The molecule has 0 aromatic carbocycles. The highest BCUT2D eigenvalue weighted by molar-refractivity contribution is 9.10. The molecule has 106 valence electrons. The van der Waals surface area contributed by atoms with Crippen LogP contribution in [0.4, 0.5) is 5.69 Å². The quantitative estimate of drug-likeness (QED) is 0.860. The summed E-state index contributed by atoms with van der Waals surface area (Å²) in [7, 11) is 0. The summed E-state index contributed by atoms with van der Waals surface area (Å²) in [5.74, 6) is 0. The van der Waals surface area contributed by atoms with E-state index < -0.39 is 0 Å². The summed E-state index contributed by atoms with van der Waals surface area (Å²) >= 11 is 3.41. The lowest BCUT2D eigenvalue weighted by molar-refractivity contribution is 0.500. The Balaban J connectivity index is 2.16. The van der Waals surface area contributed by atoms with Crippen molar-refractivity contribution in [1.29, 1.82) is 0 Å². The Morgan fingerprint density at radius 3 is 2.53 bits per heavy atom. The Labute approximate surface area is 122 Å². The van der Waals surface area contributed by atoms with E-state index in [1.807, 2.05) is 13.8 Å². The van der Waals surface area contributed by atoms with Crippen molar-refractivity contribution in [3.05, 3.63) is 21.0 Å². The smallest absolute Gasteiger partial charge is 0.283 e. The number of hydrogen-bond acceptors (Lipinski definition) is 3. The second kappa shape index (κ2) is 6.55. The van der Waals surface area contributed by atoms with Crippen LogP contribution in [0.2, 0.25) is 0 Å². The summed E-state index contributed by atoms with van der Waals surface area (Å²) in [5.41, 5.74) is 0.766. The van der Waals surface area contributed by atoms with Crippen LogP contribution in [0.15, 0.2) is 15.5 Å². The molecule has 1 aromatic rings. The molecule has 1 aliphatic rings. The maximum absolute atomic E-state index is 12.2. The molecule has 19 heavy (non-hydrogen) atoms. The van der Waals surface area contributed by atoms with Crippen LogP contribution in [-0.4, -0.2) is 15.8 Å². The van der Waals surface area contributed by atoms with Crippen molar-refractivity contribution >= 4 is 21.6 Å². The van der Waals surface area contributed by atoms with E-state index in [4.69, 9.17) is 0 Å². The van der Waals surface area contributed by atoms with Gasteiger partial charge in [-0.2, -0.15) is 5.10 Å². The van der Waals surface area contributed by atoms with Crippen LogP contribution in [0.1, 0.15) is 58.4 Å². The van der Waals surface area contributed by atoms with Crippen LogP contribution >= 0.6 is 15.9 Å². The molecule has 1 saturated carbocycles. The molecule has 0 amide bonds. The number of halogens is 1. The fraction of sp³-hybridized carbons (Fsp3) is 0.714. The topological polar surface area (TPSA) is 46.9 Å². The standard InChI is InChI=1S/C14H22BrN3O/c1-10(2)18-14(19)13(15)12(9-16-18)17-11-7-5-3-4-6-8-11/h9-11,17H,3-8H2,1-2H3. The monoisotopic (exact) mass is 327 g/mol. The lowest BCUT2D eigenvalue weighted by atomic mass is 10.1. The molecular formula is C14H22BrN3O. The first kappa shape index (κ1) is 14.6. The molecule has 1 aromatic heterocycles. The van der Waals surface area contributed by atoms with Gasteiger partial charge in [0, 0.05) is 6.04 Å². The predicted octanol–water partition coefficient (Wildman–Crippen LogP) is 3.72. The third-order valence-corrected chi connectivity index (χ3v) is 4.41. The molecule has 2 rings (SSSR count). The van der Waals surface area contributed by atoms with Crippen molar-refractivity contribution in [3.63, 3.8) is 0 Å². The van der Waals surface area contributed by atoms with Crippen molar-refractivity contribution in [2.24, 2.45) is 0 Å². The van der Waals surface area contributed by atoms with E-state index in [0.29, 0.717) is 10.5 Å². The van der Waals surface area contributed by atoms with E-state index in [2.05, 4.69) is 26.3 Å². The summed E-state index contributed by atoms with van der Waals surface area (Å²) in [6.07, 6.45) is 9.31. The number of rotatable bonds is 3. The summed E-state index contributed by atoms with van der Waals surface area (Å²) in [6.45, 7) is 3.92. The fourth-order valence-corrected chi connectivity index (χ4v) is 2.96. The molecule has 0 radical (unpaired) electrons. The van der Waals surface area contributed by atoms with Gasteiger partial charge in [-0.15, -0.1) is 0 Å². The number of nitrogens with zero attached hydrogens (tertiary/aromatic N) is 2. The Bertz CT molecular complexity index is 476. The Morgan fingerprint density at radius 2 is 1.95 bits per heavy atom. The molecule has 1 aliphatic carbocycles. The average molecular weight is 328 g/mol. The van der Waals surface area contributed by atoms with Crippen molar-refractivity contribution in [1.82, 2.24) is 9.78 Å².